The van der Waals surface area contributed by atoms with E-state index in [1.54, 1.807) is 36.5 Å². The summed E-state index contributed by atoms with van der Waals surface area (Å²) < 4.78 is 33.5. The maximum Gasteiger partial charge on any atom is 0.345 e. The molecule has 1 atom stereocenters. The molecule has 1 N–H and O–H groups in total. The monoisotopic (exact) mass is 417 g/mol. The Hall–Kier alpha value is -3.27. The van der Waals surface area contributed by atoms with Gasteiger partial charge in [-0.05, 0) is 42.3 Å². The minimum Gasteiger partial charge on any atom is -0.493 e. The number of amides is 1. The number of ether oxygens (including phenoxy) is 2. The van der Waals surface area contributed by atoms with Gasteiger partial charge in [0.25, 0.3) is 0 Å². The first kappa shape index (κ1) is 20.5. The minimum absolute atomic E-state index is 0.0191. The lowest BCUT2D eigenvalue weighted by Gasteiger charge is -2.10. The van der Waals surface area contributed by atoms with E-state index >= 15 is 0 Å². The summed E-state index contributed by atoms with van der Waals surface area (Å²) in [5.74, 6) is -1.20. The Balaban J connectivity index is 1.63. The van der Waals surface area contributed by atoms with Crippen LogP contribution in [-0.2, 0) is 14.6 Å². The summed E-state index contributed by atoms with van der Waals surface area (Å²) >= 11 is 0. The van der Waals surface area contributed by atoms with Crippen molar-refractivity contribution in [1.29, 1.82) is 0 Å². The zero-order valence-electron chi connectivity index (χ0n) is 15.6. The summed E-state index contributed by atoms with van der Waals surface area (Å²) in [4.78, 5) is 28.0. The van der Waals surface area contributed by atoms with Crippen molar-refractivity contribution in [2.75, 3.05) is 18.6 Å². The number of nitrogens with one attached hydrogen (secondary N) is 1. The molecule has 1 aromatic heterocycles. The van der Waals surface area contributed by atoms with Crippen LogP contribution in [-0.4, -0.2) is 50.1 Å². The summed E-state index contributed by atoms with van der Waals surface area (Å²) in [6.07, 6.45) is 4.63. The lowest BCUT2D eigenvalue weighted by Crippen LogP contribution is -2.27. The van der Waals surface area contributed by atoms with E-state index in [2.05, 4.69) is 15.5 Å². The Morgan fingerprint density at radius 3 is 2.76 bits per heavy atom. The molecule has 1 saturated heterocycles. The maximum atomic E-state index is 12.2. The Labute approximate surface area is 167 Å². The molecule has 0 saturated carbocycles. The third kappa shape index (κ3) is 5.38. The third-order valence-corrected chi connectivity index (χ3v) is 6.05. The first-order chi connectivity index (χ1) is 13.9. The number of hydrazone groups is 1. The first-order valence-corrected chi connectivity index (χ1v) is 10.5. The first-order valence-electron chi connectivity index (χ1n) is 8.71. The van der Waals surface area contributed by atoms with Crippen molar-refractivity contribution in [1.82, 2.24) is 10.4 Å². The molecule has 2 heterocycles. The van der Waals surface area contributed by atoms with Gasteiger partial charge in [-0.15, -0.1) is 0 Å². The molecule has 29 heavy (non-hydrogen) atoms. The van der Waals surface area contributed by atoms with E-state index in [-0.39, 0.29) is 17.3 Å². The van der Waals surface area contributed by atoms with Gasteiger partial charge in [-0.3, -0.25) is 9.78 Å². The number of carbonyl (C=O) groups excluding carboxylic acids is 2. The number of hydrogen-bond acceptors (Lipinski definition) is 8. The minimum atomic E-state index is -3.14. The van der Waals surface area contributed by atoms with Crippen LogP contribution in [0.25, 0.3) is 0 Å². The summed E-state index contributed by atoms with van der Waals surface area (Å²) in [5.41, 5.74) is 3.24. The van der Waals surface area contributed by atoms with Gasteiger partial charge in [0.2, 0.25) is 5.91 Å². The van der Waals surface area contributed by atoms with Crippen molar-refractivity contribution >= 4 is 27.9 Å². The number of sulfone groups is 1. The molecule has 3 rings (SSSR count). The standard InChI is InChI=1S/C19H19N3O6S/c1-27-17-9-13(10-21-22-18(23)15-6-8-29(25,26)12-15)4-5-16(17)28-19(24)14-3-2-7-20-11-14/h2-5,7,9-11,15H,6,8,12H2,1H3,(H,22,23)/b21-10-/t15-/m0/s1. The van der Waals surface area contributed by atoms with E-state index in [1.165, 1.54) is 19.5 Å². The van der Waals surface area contributed by atoms with Crippen LogP contribution in [0.4, 0.5) is 0 Å². The SMILES string of the molecule is COc1cc(/C=N\NC(=O)[C@H]2CCS(=O)(=O)C2)ccc1OC(=O)c1cccnc1. The van der Waals surface area contributed by atoms with Gasteiger partial charge in [-0.25, -0.2) is 18.6 Å². The van der Waals surface area contributed by atoms with Crippen LogP contribution in [0.2, 0.25) is 0 Å². The topological polar surface area (TPSA) is 124 Å². The second-order valence-electron chi connectivity index (χ2n) is 6.38. The molecule has 1 amide bonds. The molecule has 0 unspecified atom stereocenters. The highest BCUT2D eigenvalue weighted by Crippen LogP contribution is 2.28. The highest BCUT2D eigenvalue weighted by molar-refractivity contribution is 7.91. The van der Waals surface area contributed by atoms with Crippen LogP contribution in [0.1, 0.15) is 22.3 Å². The molecule has 0 aliphatic carbocycles. The molecule has 0 radical (unpaired) electrons. The fourth-order valence-electron chi connectivity index (χ4n) is 2.75. The van der Waals surface area contributed by atoms with Crippen LogP contribution < -0.4 is 14.9 Å². The van der Waals surface area contributed by atoms with Gasteiger partial charge < -0.3 is 9.47 Å². The lowest BCUT2D eigenvalue weighted by molar-refractivity contribution is -0.124. The van der Waals surface area contributed by atoms with Crippen LogP contribution >= 0.6 is 0 Å². The number of benzene rings is 1. The van der Waals surface area contributed by atoms with E-state index in [9.17, 15) is 18.0 Å². The summed E-state index contributed by atoms with van der Waals surface area (Å²) in [6, 6.07) is 7.97. The van der Waals surface area contributed by atoms with Gasteiger partial charge in [0.05, 0.1) is 36.3 Å². The average Bonchev–Trinajstić information content (AvgIpc) is 3.09. The normalized spacial score (nSPS) is 17.8. The van der Waals surface area contributed by atoms with Crippen LogP contribution in [0, 0.1) is 5.92 Å². The predicted octanol–water partition coefficient (Wildman–Crippen LogP) is 1.19. The van der Waals surface area contributed by atoms with Gasteiger partial charge in [0, 0.05) is 12.4 Å². The number of nitrogens with zero attached hydrogens (tertiary/aromatic N) is 2. The number of methoxy groups -OCH3 is 1. The molecule has 0 spiro atoms. The molecule has 1 aliphatic rings. The fourth-order valence-corrected chi connectivity index (χ4v) is 4.50. The van der Waals surface area contributed by atoms with Crippen molar-refractivity contribution in [3.8, 4) is 11.5 Å². The average molecular weight is 417 g/mol. The van der Waals surface area contributed by atoms with Gasteiger partial charge in [-0.1, -0.05) is 0 Å². The fraction of sp³-hybridized carbons (Fsp3) is 0.263. The quantitative estimate of drug-likeness (QED) is 0.324. The highest BCUT2D eigenvalue weighted by atomic mass is 32.2. The number of carbonyl (C=O) groups is 2. The Bertz CT molecular complexity index is 1040. The Morgan fingerprint density at radius 1 is 1.28 bits per heavy atom. The van der Waals surface area contributed by atoms with Crippen molar-refractivity contribution < 1.29 is 27.5 Å². The molecule has 1 aliphatic heterocycles. The summed E-state index contributed by atoms with van der Waals surface area (Å²) in [5, 5.41) is 3.86. The van der Waals surface area contributed by atoms with Crippen LogP contribution in [0.5, 0.6) is 11.5 Å². The van der Waals surface area contributed by atoms with E-state index in [0.29, 0.717) is 23.3 Å². The molecule has 10 heteroatoms. The smallest absolute Gasteiger partial charge is 0.345 e. The zero-order valence-corrected chi connectivity index (χ0v) is 16.4. The number of rotatable bonds is 6. The second-order valence-corrected chi connectivity index (χ2v) is 8.60. The zero-order chi connectivity index (χ0) is 20.9. The van der Waals surface area contributed by atoms with Gasteiger partial charge in [-0.2, -0.15) is 5.10 Å². The van der Waals surface area contributed by atoms with E-state index < -0.39 is 27.6 Å². The van der Waals surface area contributed by atoms with E-state index in [4.69, 9.17) is 9.47 Å². The van der Waals surface area contributed by atoms with Gasteiger partial charge in [0.1, 0.15) is 0 Å². The second kappa shape index (κ2) is 8.82. The number of hydrogen-bond donors (Lipinski definition) is 1. The molecule has 152 valence electrons. The molecule has 0 bridgehead atoms. The molecule has 9 nitrogen and oxygen atoms in total. The third-order valence-electron chi connectivity index (χ3n) is 4.28. The molecular weight excluding hydrogens is 398 g/mol. The lowest BCUT2D eigenvalue weighted by atomic mass is 10.1. The van der Waals surface area contributed by atoms with Gasteiger partial charge in [0.15, 0.2) is 21.3 Å². The van der Waals surface area contributed by atoms with Crippen LogP contribution in [0.15, 0.2) is 47.8 Å². The maximum absolute atomic E-state index is 12.2. The van der Waals surface area contributed by atoms with E-state index in [1.807, 2.05) is 0 Å². The van der Waals surface area contributed by atoms with Gasteiger partial charge >= 0.3 is 5.97 Å². The Kier molecular flexibility index (Phi) is 6.23. The predicted molar refractivity (Wildman–Crippen MR) is 105 cm³/mol. The van der Waals surface area contributed by atoms with Crippen molar-refractivity contribution in [2.24, 2.45) is 11.0 Å². The van der Waals surface area contributed by atoms with E-state index in [0.717, 1.165) is 0 Å². The Morgan fingerprint density at radius 2 is 2.10 bits per heavy atom. The summed E-state index contributed by atoms with van der Waals surface area (Å²) in [6.45, 7) is 0. The largest absolute Gasteiger partial charge is 0.493 e. The number of esters is 1. The summed E-state index contributed by atoms with van der Waals surface area (Å²) in [7, 11) is -1.71. The molecule has 2 aromatic rings. The molecule has 1 fully saturated rings. The molecular formula is C19H19N3O6S. The highest BCUT2D eigenvalue weighted by Gasteiger charge is 2.32. The number of aromatic nitrogens is 1. The van der Waals surface area contributed by atoms with Crippen molar-refractivity contribution in [2.45, 2.75) is 6.42 Å². The van der Waals surface area contributed by atoms with Crippen molar-refractivity contribution in [3.05, 3.63) is 53.9 Å². The van der Waals surface area contributed by atoms with Crippen LogP contribution in [0.3, 0.4) is 0 Å². The van der Waals surface area contributed by atoms with Crippen molar-refractivity contribution in [3.63, 3.8) is 0 Å². The molecule has 1 aromatic carbocycles. The number of pyridine rings is 1.